The second-order valence-electron chi connectivity index (χ2n) is 9.25. The Hall–Kier alpha value is -3.48. The summed E-state index contributed by atoms with van der Waals surface area (Å²) in [7, 11) is 0. The van der Waals surface area contributed by atoms with E-state index in [1.54, 1.807) is 35.2 Å². The van der Waals surface area contributed by atoms with Crippen LogP contribution in [-0.4, -0.2) is 30.3 Å². The number of nitrogens with zero attached hydrogens (tertiary/aromatic N) is 1. The lowest BCUT2D eigenvalue weighted by atomic mass is 10.0. The minimum absolute atomic E-state index is 0.0940. The predicted octanol–water partition coefficient (Wildman–Crippen LogP) is 5.49. The largest absolute Gasteiger partial charge is 0.344 e. The summed E-state index contributed by atoms with van der Waals surface area (Å²) >= 11 is 0. The molecule has 1 N–H and O–H groups in total. The first-order chi connectivity index (χ1) is 16.3. The molecular weight excluding hydrogens is 428 g/mol. The number of rotatable bonds is 3. The highest BCUT2D eigenvalue weighted by Gasteiger charge is 2.45. The van der Waals surface area contributed by atoms with Crippen LogP contribution in [0.25, 0.3) is 0 Å². The fourth-order valence-electron chi connectivity index (χ4n) is 4.75. The number of benzene rings is 3. The molecule has 6 heteroatoms. The Kier molecular flexibility index (Phi) is 5.71. The number of amides is 2. The predicted molar refractivity (Wildman–Crippen MR) is 131 cm³/mol. The van der Waals surface area contributed by atoms with E-state index in [9.17, 15) is 9.59 Å². The smallest absolute Gasteiger partial charge is 0.258 e. The Labute approximate surface area is 199 Å². The number of ether oxygens (including phenoxy) is 2. The number of hydrogen-bond acceptors (Lipinski definition) is 4. The molecule has 2 amide bonds. The topological polar surface area (TPSA) is 67.9 Å². The van der Waals surface area contributed by atoms with Crippen LogP contribution in [0.2, 0.25) is 0 Å². The highest BCUT2D eigenvalue weighted by atomic mass is 16.7. The average molecular weight is 457 g/mol. The van der Waals surface area contributed by atoms with Crippen LogP contribution in [0.3, 0.4) is 0 Å². The molecule has 6 nitrogen and oxygen atoms in total. The molecule has 3 aromatic carbocycles. The third-order valence-electron chi connectivity index (χ3n) is 6.38. The number of nitrogens with one attached hydrogen (secondary N) is 1. The molecule has 3 aromatic rings. The molecule has 0 aromatic heterocycles. The number of aryl methyl sites for hydroxylation is 1. The summed E-state index contributed by atoms with van der Waals surface area (Å²) in [5.74, 6) is -0.913. The molecule has 5 rings (SSSR count). The van der Waals surface area contributed by atoms with Crippen molar-refractivity contribution in [1.29, 1.82) is 0 Å². The molecule has 0 saturated carbocycles. The third kappa shape index (κ3) is 4.22. The number of fused-ring (bicyclic) bond motifs is 3. The molecule has 1 fully saturated rings. The van der Waals surface area contributed by atoms with Crippen molar-refractivity contribution < 1.29 is 19.1 Å². The summed E-state index contributed by atoms with van der Waals surface area (Å²) in [6.45, 7) is 6.28. The van der Waals surface area contributed by atoms with Gasteiger partial charge >= 0.3 is 0 Å². The van der Waals surface area contributed by atoms with Crippen LogP contribution in [0, 0.1) is 6.92 Å². The van der Waals surface area contributed by atoms with Gasteiger partial charge in [-0.25, -0.2) is 0 Å². The summed E-state index contributed by atoms with van der Waals surface area (Å²) in [5, 5.41) is 2.91. The van der Waals surface area contributed by atoms with Crippen molar-refractivity contribution >= 4 is 23.2 Å². The lowest BCUT2D eigenvalue weighted by molar-refractivity contribution is -0.147. The number of para-hydroxylation sites is 1. The van der Waals surface area contributed by atoms with Gasteiger partial charge in [-0.05, 0) is 69.2 Å². The molecule has 2 aliphatic rings. The Bertz CT molecular complexity index is 1240. The Morgan fingerprint density at radius 3 is 2.41 bits per heavy atom. The lowest BCUT2D eigenvalue weighted by Gasteiger charge is -2.25. The van der Waals surface area contributed by atoms with Crippen molar-refractivity contribution in [2.24, 2.45) is 0 Å². The van der Waals surface area contributed by atoms with Gasteiger partial charge in [0.2, 0.25) is 0 Å². The lowest BCUT2D eigenvalue weighted by Crippen LogP contribution is -2.33. The van der Waals surface area contributed by atoms with Crippen LogP contribution in [0.4, 0.5) is 11.4 Å². The van der Waals surface area contributed by atoms with Crippen LogP contribution >= 0.6 is 0 Å². The number of anilines is 2. The number of carbonyl (C=O) groups is 2. The highest BCUT2D eigenvalue weighted by Crippen LogP contribution is 2.45. The molecule has 1 saturated heterocycles. The Morgan fingerprint density at radius 2 is 1.65 bits per heavy atom. The van der Waals surface area contributed by atoms with Gasteiger partial charge in [-0.3, -0.25) is 9.59 Å². The van der Waals surface area contributed by atoms with E-state index in [-0.39, 0.29) is 24.0 Å². The molecule has 2 aliphatic heterocycles. The van der Waals surface area contributed by atoms with Crippen LogP contribution in [0.1, 0.15) is 58.2 Å². The quantitative estimate of drug-likeness (QED) is 0.566. The zero-order valence-electron chi connectivity index (χ0n) is 19.6. The molecule has 0 spiro atoms. The summed E-state index contributed by atoms with van der Waals surface area (Å²) in [6, 6.07) is 22.3. The monoisotopic (exact) mass is 456 g/mol. The number of carbonyl (C=O) groups excluding carboxylic acids is 2. The van der Waals surface area contributed by atoms with E-state index in [1.165, 1.54) is 0 Å². The van der Waals surface area contributed by atoms with Crippen LogP contribution in [-0.2, 0) is 9.47 Å². The maximum Gasteiger partial charge on any atom is 0.258 e. The summed E-state index contributed by atoms with van der Waals surface area (Å²) < 4.78 is 12.3. The zero-order chi connectivity index (χ0) is 23.9. The summed E-state index contributed by atoms with van der Waals surface area (Å²) in [4.78, 5) is 27.9. The van der Waals surface area contributed by atoms with Crippen molar-refractivity contribution in [3.05, 3.63) is 95.1 Å². The van der Waals surface area contributed by atoms with Crippen molar-refractivity contribution in [3.8, 4) is 0 Å². The van der Waals surface area contributed by atoms with Crippen molar-refractivity contribution in [1.82, 2.24) is 0 Å². The standard InChI is InChI=1S/C28H28N2O4/c1-18-8-4-5-9-21(18)26(31)29-20-14-12-19(13-15-20)27(32)30-17-16-24-25(34-28(2,3)33-24)22-10-6-7-11-23(22)30/h4-15,24-25H,16-17H2,1-3H3,(H,29,31). The first kappa shape index (κ1) is 22.3. The molecule has 2 atom stereocenters. The molecule has 34 heavy (non-hydrogen) atoms. The summed E-state index contributed by atoms with van der Waals surface area (Å²) in [6.07, 6.45) is 0.370. The van der Waals surface area contributed by atoms with Gasteiger partial charge in [0.05, 0.1) is 6.10 Å². The van der Waals surface area contributed by atoms with Crippen molar-refractivity contribution in [2.45, 2.75) is 45.2 Å². The molecule has 0 radical (unpaired) electrons. The van der Waals surface area contributed by atoms with E-state index < -0.39 is 5.79 Å². The van der Waals surface area contributed by atoms with E-state index in [0.717, 1.165) is 16.8 Å². The van der Waals surface area contributed by atoms with Gasteiger partial charge < -0.3 is 19.7 Å². The molecule has 0 aliphatic carbocycles. The minimum atomic E-state index is -0.646. The SMILES string of the molecule is Cc1ccccc1C(=O)Nc1ccc(C(=O)N2CCC3OC(C)(C)OC3c3ccccc32)cc1. The first-order valence-electron chi connectivity index (χ1n) is 11.6. The molecule has 174 valence electrons. The second kappa shape index (κ2) is 8.70. The maximum absolute atomic E-state index is 13.5. The third-order valence-corrected chi connectivity index (χ3v) is 6.38. The normalized spacial score (nSPS) is 20.7. The molecular formula is C28H28N2O4. The highest BCUT2D eigenvalue weighted by molar-refractivity contribution is 6.08. The fraction of sp³-hybridized carbons (Fsp3) is 0.286. The van der Waals surface area contributed by atoms with Crippen LogP contribution in [0.15, 0.2) is 72.8 Å². The van der Waals surface area contributed by atoms with Gasteiger partial charge in [-0.2, -0.15) is 0 Å². The van der Waals surface area contributed by atoms with Gasteiger partial charge in [-0.15, -0.1) is 0 Å². The maximum atomic E-state index is 13.5. The van der Waals surface area contributed by atoms with Crippen LogP contribution < -0.4 is 10.2 Å². The van der Waals surface area contributed by atoms with Gasteiger partial charge in [0.25, 0.3) is 11.8 Å². The van der Waals surface area contributed by atoms with E-state index in [1.807, 2.05) is 63.2 Å². The average Bonchev–Trinajstić information content (AvgIpc) is 3.06. The van der Waals surface area contributed by atoms with Crippen LogP contribution in [0.5, 0.6) is 0 Å². The van der Waals surface area contributed by atoms with E-state index >= 15 is 0 Å². The van der Waals surface area contributed by atoms with Gasteiger partial charge in [0, 0.05) is 34.6 Å². The van der Waals surface area contributed by atoms with E-state index in [0.29, 0.717) is 29.8 Å². The zero-order valence-corrected chi connectivity index (χ0v) is 19.6. The van der Waals surface area contributed by atoms with E-state index in [4.69, 9.17) is 9.47 Å². The molecule has 0 bridgehead atoms. The molecule has 2 heterocycles. The second-order valence-corrected chi connectivity index (χ2v) is 9.25. The van der Waals surface area contributed by atoms with Gasteiger partial charge in [0.15, 0.2) is 5.79 Å². The minimum Gasteiger partial charge on any atom is -0.344 e. The Balaban J connectivity index is 1.36. The van der Waals surface area contributed by atoms with Gasteiger partial charge in [-0.1, -0.05) is 36.4 Å². The Morgan fingerprint density at radius 1 is 0.941 bits per heavy atom. The first-order valence-corrected chi connectivity index (χ1v) is 11.6. The van der Waals surface area contributed by atoms with Crippen molar-refractivity contribution in [3.63, 3.8) is 0 Å². The van der Waals surface area contributed by atoms with E-state index in [2.05, 4.69) is 5.32 Å². The van der Waals surface area contributed by atoms with Crippen molar-refractivity contribution in [2.75, 3.05) is 16.8 Å². The van der Waals surface area contributed by atoms with Gasteiger partial charge in [0.1, 0.15) is 6.10 Å². The molecule has 2 unspecified atom stereocenters. The number of hydrogen-bond donors (Lipinski definition) is 1. The summed E-state index contributed by atoms with van der Waals surface area (Å²) in [5.41, 5.74) is 4.54. The fourth-order valence-corrected chi connectivity index (χ4v) is 4.75.